The van der Waals surface area contributed by atoms with Crippen molar-refractivity contribution in [2.45, 2.75) is 39.3 Å². The van der Waals surface area contributed by atoms with E-state index >= 15 is 0 Å². The second-order valence-corrected chi connectivity index (χ2v) is 4.78. The summed E-state index contributed by atoms with van der Waals surface area (Å²) in [5.41, 5.74) is 1.35. The molecule has 0 amide bonds. The molecule has 0 saturated heterocycles. The molecule has 0 aliphatic heterocycles. The summed E-state index contributed by atoms with van der Waals surface area (Å²) in [6, 6.07) is 4.89. The minimum Gasteiger partial charge on any atom is -0.295 e. The quantitative estimate of drug-likeness (QED) is 0.713. The molecule has 0 unspecified atom stereocenters. The Morgan fingerprint density at radius 2 is 1.88 bits per heavy atom. The molecular weight excluding hydrogens is 264 g/mol. The zero-order chi connectivity index (χ0) is 11.8. The minimum atomic E-state index is 0.686. The maximum absolute atomic E-state index is 4.06. The zero-order valence-corrected chi connectivity index (χ0v) is 11.8. The van der Waals surface area contributed by atoms with Crippen molar-refractivity contribution < 1.29 is 0 Å². The van der Waals surface area contributed by atoms with Gasteiger partial charge in [0, 0.05) is 36.9 Å². The normalized spacial score (nSPS) is 11.3. The molecule has 0 radical (unpaired) electrons. The molecule has 0 saturated carbocycles. The predicted octanol–water partition coefficient (Wildman–Crippen LogP) is 3.47. The highest BCUT2D eigenvalue weighted by atomic mass is 79.9. The average molecular weight is 285 g/mol. The maximum Gasteiger partial charge on any atom is 0.0271 e. The number of rotatable bonds is 7. The molecule has 1 aromatic rings. The molecule has 0 bridgehead atoms. The van der Waals surface area contributed by atoms with Crippen molar-refractivity contribution >= 4 is 15.9 Å². The van der Waals surface area contributed by atoms with E-state index in [4.69, 9.17) is 0 Å². The highest BCUT2D eigenvalue weighted by Crippen LogP contribution is 2.13. The summed E-state index contributed by atoms with van der Waals surface area (Å²) in [7, 11) is 0. The number of aromatic nitrogens is 1. The van der Waals surface area contributed by atoms with Crippen LogP contribution in [0.2, 0.25) is 0 Å². The summed E-state index contributed by atoms with van der Waals surface area (Å²) in [5.74, 6) is 0. The maximum atomic E-state index is 4.06. The van der Waals surface area contributed by atoms with Gasteiger partial charge in [0.25, 0.3) is 0 Å². The second-order valence-electron chi connectivity index (χ2n) is 3.99. The van der Waals surface area contributed by atoms with Crippen LogP contribution in [0.15, 0.2) is 24.5 Å². The van der Waals surface area contributed by atoms with Crippen LogP contribution in [-0.4, -0.2) is 27.8 Å². The molecular formula is C13H21BrN2. The summed E-state index contributed by atoms with van der Waals surface area (Å²) in [6.45, 7) is 6.67. The number of hydrogen-bond acceptors (Lipinski definition) is 2. The number of hydrogen-bond donors (Lipinski definition) is 0. The van der Waals surface area contributed by atoms with E-state index in [9.17, 15) is 0 Å². The Balaban J connectivity index is 2.63. The lowest BCUT2D eigenvalue weighted by Crippen LogP contribution is -2.35. The lowest BCUT2D eigenvalue weighted by atomic mass is 10.1. The number of pyridine rings is 1. The van der Waals surface area contributed by atoms with E-state index in [-0.39, 0.29) is 0 Å². The fourth-order valence-electron chi connectivity index (χ4n) is 2.03. The van der Waals surface area contributed by atoms with Gasteiger partial charge in [-0.15, -0.1) is 0 Å². The van der Waals surface area contributed by atoms with Gasteiger partial charge in [-0.2, -0.15) is 0 Å². The number of alkyl halides is 1. The van der Waals surface area contributed by atoms with Gasteiger partial charge in [-0.1, -0.05) is 29.8 Å². The number of halogens is 1. The molecule has 1 aromatic heterocycles. The molecule has 2 nitrogen and oxygen atoms in total. The largest absolute Gasteiger partial charge is 0.295 e. The van der Waals surface area contributed by atoms with Crippen molar-refractivity contribution in [3.8, 4) is 0 Å². The fraction of sp³-hybridized carbons (Fsp3) is 0.615. The highest BCUT2D eigenvalue weighted by molar-refractivity contribution is 9.09. The molecule has 1 heterocycles. The molecule has 0 atom stereocenters. The lowest BCUT2D eigenvalue weighted by molar-refractivity contribution is 0.189. The molecule has 0 fully saturated rings. The Labute approximate surface area is 107 Å². The van der Waals surface area contributed by atoms with Crippen molar-refractivity contribution in [1.29, 1.82) is 0 Å². The summed E-state index contributed by atoms with van der Waals surface area (Å²) >= 11 is 3.54. The van der Waals surface area contributed by atoms with Gasteiger partial charge >= 0.3 is 0 Å². The standard InChI is InChI=1S/C13H21BrN2/c1-3-13(4-2)16(10-7-14)11-12-5-8-15-9-6-12/h5-6,8-9,13H,3-4,7,10-11H2,1-2H3. The van der Waals surface area contributed by atoms with Crippen LogP contribution in [0.5, 0.6) is 0 Å². The Kier molecular flexibility index (Phi) is 6.65. The Bertz CT molecular complexity index is 273. The van der Waals surface area contributed by atoms with Gasteiger partial charge in [-0.25, -0.2) is 0 Å². The van der Waals surface area contributed by atoms with Gasteiger partial charge in [0.05, 0.1) is 0 Å². The van der Waals surface area contributed by atoms with E-state index in [2.05, 4.69) is 51.8 Å². The minimum absolute atomic E-state index is 0.686. The lowest BCUT2D eigenvalue weighted by Gasteiger charge is -2.29. The van der Waals surface area contributed by atoms with E-state index in [1.807, 2.05) is 12.4 Å². The topological polar surface area (TPSA) is 16.1 Å². The van der Waals surface area contributed by atoms with Crippen LogP contribution in [-0.2, 0) is 6.54 Å². The van der Waals surface area contributed by atoms with Crippen molar-refractivity contribution in [3.63, 3.8) is 0 Å². The third-order valence-electron chi connectivity index (χ3n) is 2.97. The SMILES string of the molecule is CCC(CC)N(CCBr)Cc1ccncc1. The molecule has 0 spiro atoms. The molecule has 0 aliphatic rings. The fourth-order valence-corrected chi connectivity index (χ4v) is 2.48. The van der Waals surface area contributed by atoms with Gasteiger partial charge in [0.1, 0.15) is 0 Å². The van der Waals surface area contributed by atoms with Gasteiger partial charge < -0.3 is 0 Å². The zero-order valence-electron chi connectivity index (χ0n) is 10.2. The smallest absolute Gasteiger partial charge is 0.0271 e. The van der Waals surface area contributed by atoms with Crippen LogP contribution in [0.3, 0.4) is 0 Å². The molecule has 3 heteroatoms. The first-order valence-corrected chi connectivity index (χ1v) is 7.12. The first-order valence-electron chi connectivity index (χ1n) is 6.00. The van der Waals surface area contributed by atoms with E-state index in [0.29, 0.717) is 6.04 Å². The summed E-state index contributed by atoms with van der Waals surface area (Å²) in [4.78, 5) is 6.60. The molecule has 90 valence electrons. The Hall–Kier alpha value is -0.410. The van der Waals surface area contributed by atoms with Crippen LogP contribution in [0.1, 0.15) is 32.3 Å². The van der Waals surface area contributed by atoms with E-state index in [0.717, 1.165) is 18.4 Å². The van der Waals surface area contributed by atoms with Crippen molar-refractivity contribution in [3.05, 3.63) is 30.1 Å². The molecule has 0 N–H and O–H groups in total. The number of nitrogens with zero attached hydrogens (tertiary/aromatic N) is 2. The Morgan fingerprint density at radius 1 is 1.25 bits per heavy atom. The van der Waals surface area contributed by atoms with Crippen LogP contribution < -0.4 is 0 Å². The van der Waals surface area contributed by atoms with Crippen LogP contribution in [0.4, 0.5) is 0 Å². The van der Waals surface area contributed by atoms with Crippen LogP contribution >= 0.6 is 15.9 Å². The summed E-state index contributed by atoms with van der Waals surface area (Å²) in [5, 5.41) is 1.04. The van der Waals surface area contributed by atoms with Crippen molar-refractivity contribution in [1.82, 2.24) is 9.88 Å². The van der Waals surface area contributed by atoms with E-state index in [1.54, 1.807) is 0 Å². The second kappa shape index (κ2) is 7.80. The third-order valence-corrected chi connectivity index (χ3v) is 3.32. The van der Waals surface area contributed by atoms with E-state index in [1.165, 1.54) is 18.4 Å². The molecule has 16 heavy (non-hydrogen) atoms. The summed E-state index contributed by atoms with van der Waals surface area (Å²) in [6.07, 6.45) is 6.17. The van der Waals surface area contributed by atoms with Crippen molar-refractivity contribution in [2.75, 3.05) is 11.9 Å². The highest BCUT2D eigenvalue weighted by Gasteiger charge is 2.14. The molecule has 0 aromatic carbocycles. The van der Waals surface area contributed by atoms with Crippen LogP contribution in [0.25, 0.3) is 0 Å². The van der Waals surface area contributed by atoms with Gasteiger partial charge in [-0.05, 0) is 30.5 Å². The van der Waals surface area contributed by atoms with Gasteiger partial charge in [0.2, 0.25) is 0 Å². The van der Waals surface area contributed by atoms with Gasteiger partial charge in [0.15, 0.2) is 0 Å². The monoisotopic (exact) mass is 284 g/mol. The summed E-state index contributed by atoms with van der Waals surface area (Å²) < 4.78 is 0. The molecule has 0 aliphatic carbocycles. The third kappa shape index (κ3) is 4.22. The molecule has 1 rings (SSSR count). The van der Waals surface area contributed by atoms with Crippen LogP contribution in [0, 0.1) is 0 Å². The Morgan fingerprint density at radius 3 is 2.38 bits per heavy atom. The first-order chi connectivity index (χ1) is 7.81. The van der Waals surface area contributed by atoms with Gasteiger partial charge in [-0.3, -0.25) is 9.88 Å². The predicted molar refractivity (Wildman–Crippen MR) is 72.8 cm³/mol. The first kappa shape index (κ1) is 13.7. The average Bonchev–Trinajstić information content (AvgIpc) is 2.32. The van der Waals surface area contributed by atoms with Crippen molar-refractivity contribution in [2.24, 2.45) is 0 Å². The van der Waals surface area contributed by atoms with E-state index < -0.39 is 0 Å².